The van der Waals surface area contributed by atoms with Crippen LogP contribution in [0.25, 0.3) is 117 Å². The maximum Gasteiger partial charge on any atom is 0.164 e. The van der Waals surface area contributed by atoms with Crippen molar-refractivity contribution in [2.24, 2.45) is 0 Å². The van der Waals surface area contributed by atoms with Gasteiger partial charge in [-0.15, -0.1) is 34.0 Å². The third kappa shape index (κ3) is 5.41. The number of rotatable bonds is 5. The van der Waals surface area contributed by atoms with Crippen LogP contribution in [0.1, 0.15) is 0 Å². The third-order valence-electron chi connectivity index (χ3n) is 11.0. The van der Waals surface area contributed by atoms with Crippen molar-refractivity contribution in [3.05, 3.63) is 176 Å². The van der Waals surface area contributed by atoms with E-state index in [0.29, 0.717) is 17.5 Å². The van der Waals surface area contributed by atoms with E-state index < -0.39 is 0 Å². The van der Waals surface area contributed by atoms with Crippen molar-refractivity contribution in [2.75, 3.05) is 0 Å². The second kappa shape index (κ2) is 13.0. The van der Waals surface area contributed by atoms with Gasteiger partial charge in [0.2, 0.25) is 0 Å². The van der Waals surface area contributed by atoms with Crippen LogP contribution in [0.4, 0.5) is 0 Å². The highest BCUT2D eigenvalue weighted by molar-refractivity contribution is 7.27. The first-order chi connectivity index (χ1) is 28.2. The average molecular weight is 780 g/mol. The summed E-state index contributed by atoms with van der Waals surface area (Å²) in [5, 5.41) is 7.80. The van der Waals surface area contributed by atoms with Crippen LogP contribution in [0.2, 0.25) is 0 Å². The fourth-order valence-corrected chi connectivity index (χ4v) is 11.8. The van der Waals surface area contributed by atoms with E-state index >= 15 is 0 Å². The summed E-state index contributed by atoms with van der Waals surface area (Å²) in [5.74, 6) is 2.00. The van der Waals surface area contributed by atoms with Crippen LogP contribution in [-0.4, -0.2) is 15.0 Å². The Morgan fingerprint density at radius 3 is 1.32 bits per heavy atom. The Morgan fingerprint density at radius 2 is 0.702 bits per heavy atom. The van der Waals surface area contributed by atoms with Crippen LogP contribution in [0.3, 0.4) is 0 Å². The van der Waals surface area contributed by atoms with E-state index in [-0.39, 0.29) is 0 Å². The summed E-state index contributed by atoms with van der Waals surface area (Å²) in [6.45, 7) is 0. The van der Waals surface area contributed by atoms with Gasteiger partial charge in [0.25, 0.3) is 0 Å². The third-order valence-corrected chi connectivity index (χ3v) is 14.4. The Balaban J connectivity index is 0.978. The molecule has 0 bridgehead atoms. The zero-order chi connectivity index (χ0) is 37.5. The molecule has 0 spiro atoms. The van der Waals surface area contributed by atoms with Gasteiger partial charge in [-0.25, -0.2) is 15.0 Å². The first-order valence-corrected chi connectivity index (χ1v) is 21.4. The summed E-state index contributed by atoms with van der Waals surface area (Å²) in [7, 11) is 0. The number of hydrogen-bond acceptors (Lipinski definition) is 6. The number of fused-ring (bicyclic) bond motifs is 9. The van der Waals surface area contributed by atoms with E-state index in [1.54, 1.807) is 0 Å². The molecule has 0 unspecified atom stereocenters. The lowest BCUT2D eigenvalue weighted by Crippen LogP contribution is -1.99. The molecule has 266 valence electrons. The molecule has 0 N–H and O–H groups in total. The normalized spacial score (nSPS) is 11.9. The first kappa shape index (κ1) is 32.7. The summed E-state index contributed by atoms with van der Waals surface area (Å²) in [6, 6.07) is 63.2. The molecule has 0 aliphatic carbocycles. The van der Waals surface area contributed by atoms with E-state index in [1.807, 2.05) is 94.7 Å². The fourth-order valence-electron chi connectivity index (χ4n) is 8.21. The van der Waals surface area contributed by atoms with Crippen LogP contribution in [0, 0.1) is 0 Å². The Kier molecular flexibility index (Phi) is 7.45. The molecule has 3 nitrogen and oxygen atoms in total. The van der Waals surface area contributed by atoms with Gasteiger partial charge in [0, 0.05) is 77.2 Å². The lowest BCUT2D eigenvalue weighted by atomic mass is 9.94. The van der Waals surface area contributed by atoms with Crippen molar-refractivity contribution < 1.29 is 0 Å². The molecular formula is C51H29N3S3. The van der Waals surface area contributed by atoms with Crippen LogP contribution in [0.15, 0.2) is 176 Å². The fraction of sp³-hybridized carbons (Fsp3) is 0. The summed E-state index contributed by atoms with van der Waals surface area (Å²) in [4.78, 5) is 14.9. The Hall–Kier alpha value is -6.57. The maximum absolute atomic E-state index is 5.00. The minimum Gasteiger partial charge on any atom is -0.208 e. The lowest BCUT2D eigenvalue weighted by molar-refractivity contribution is 1.07. The first-order valence-electron chi connectivity index (χ1n) is 18.9. The van der Waals surface area contributed by atoms with Crippen molar-refractivity contribution in [1.82, 2.24) is 15.0 Å². The lowest BCUT2D eigenvalue weighted by Gasteiger charge is -2.10. The largest absolute Gasteiger partial charge is 0.208 e. The van der Waals surface area contributed by atoms with Crippen molar-refractivity contribution in [3.8, 4) is 56.4 Å². The quantitative estimate of drug-likeness (QED) is 0.175. The SMILES string of the molecule is c1ccc(-c2nc(-c3ccccc3)nc(-c3ccc4c(c3)sc3cc(-c5ccc(-c6ccc7c(c6)sc6ccccc67)c6c5sc5ccccc56)ccc34)n2)cc1. The van der Waals surface area contributed by atoms with E-state index in [2.05, 4.69) is 115 Å². The zero-order valence-corrected chi connectivity index (χ0v) is 32.8. The molecule has 57 heavy (non-hydrogen) atoms. The van der Waals surface area contributed by atoms with Crippen molar-refractivity contribution >= 4 is 94.5 Å². The molecule has 0 radical (unpaired) electrons. The van der Waals surface area contributed by atoms with Gasteiger partial charge < -0.3 is 0 Å². The molecule has 0 amide bonds. The highest BCUT2D eigenvalue weighted by Gasteiger charge is 2.18. The van der Waals surface area contributed by atoms with E-state index in [1.165, 1.54) is 82.8 Å². The molecule has 4 heterocycles. The summed E-state index contributed by atoms with van der Waals surface area (Å²) < 4.78 is 7.77. The van der Waals surface area contributed by atoms with E-state index in [9.17, 15) is 0 Å². The molecular weight excluding hydrogens is 751 g/mol. The van der Waals surface area contributed by atoms with Gasteiger partial charge in [0.1, 0.15) is 0 Å². The molecule has 8 aromatic carbocycles. The highest BCUT2D eigenvalue weighted by Crippen LogP contribution is 2.47. The van der Waals surface area contributed by atoms with Crippen molar-refractivity contribution in [3.63, 3.8) is 0 Å². The molecule has 0 aliphatic heterocycles. The number of benzene rings is 8. The second-order valence-corrected chi connectivity index (χ2v) is 17.6. The average Bonchev–Trinajstić information content (AvgIpc) is 3.97. The van der Waals surface area contributed by atoms with Crippen LogP contribution < -0.4 is 0 Å². The van der Waals surface area contributed by atoms with Gasteiger partial charge in [-0.3, -0.25) is 0 Å². The molecule has 6 heteroatoms. The molecule has 4 aromatic heterocycles. The standard InChI is InChI=1S/C51H29N3S3/c1-3-11-30(12-4-1)49-52-50(31-13-5-2-6-14-31)54-51(53-49)34-21-24-40-39-23-20-33(28-45(39)56-46(40)29-34)36-26-25-35(47-41-16-8-10-18-43(41)57-48(36)47)32-19-22-38-37-15-7-9-17-42(37)55-44(38)27-32/h1-29H. The maximum atomic E-state index is 5.00. The van der Waals surface area contributed by atoms with Gasteiger partial charge in [0.15, 0.2) is 17.5 Å². The predicted molar refractivity (Wildman–Crippen MR) is 246 cm³/mol. The van der Waals surface area contributed by atoms with Crippen molar-refractivity contribution in [2.45, 2.75) is 0 Å². The number of thiophene rings is 3. The minimum atomic E-state index is 0.666. The summed E-state index contributed by atoms with van der Waals surface area (Å²) >= 11 is 5.60. The Bertz CT molecular complexity index is 3470. The number of nitrogens with zero attached hydrogens (tertiary/aromatic N) is 3. The van der Waals surface area contributed by atoms with Gasteiger partial charge in [-0.05, 0) is 52.6 Å². The molecule has 0 saturated carbocycles. The topological polar surface area (TPSA) is 38.7 Å². The van der Waals surface area contributed by atoms with Crippen LogP contribution in [0.5, 0.6) is 0 Å². The van der Waals surface area contributed by atoms with Crippen molar-refractivity contribution in [1.29, 1.82) is 0 Å². The Labute approximate surface area is 339 Å². The molecule has 0 fully saturated rings. The van der Waals surface area contributed by atoms with Gasteiger partial charge in [0.05, 0.1) is 0 Å². The van der Waals surface area contributed by atoms with E-state index in [0.717, 1.165) is 16.7 Å². The monoisotopic (exact) mass is 779 g/mol. The molecule has 0 atom stereocenters. The smallest absolute Gasteiger partial charge is 0.164 e. The van der Waals surface area contributed by atoms with Crippen LogP contribution in [-0.2, 0) is 0 Å². The predicted octanol–water partition coefficient (Wildman–Crippen LogP) is 15.3. The zero-order valence-electron chi connectivity index (χ0n) is 30.3. The van der Waals surface area contributed by atoms with Gasteiger partial charge in [-0.1, -0.05) is 146 Å². The molecule has 12 rings (SSSR count). The molecule has 0 aliphatic rings. The number of aromatic nitrogens is 3. The Morgan fingerprint density at radius 1 is 0.281 bits per heavy atom. The highest BCUT2D eigenvalue weighted by atomic mass is 32.1. The van der Waals surface area contributed by atoms with Gasteiger partial charge >= 0.3 is 0 Å². The summed E-state index contributed by atoms with van der Waals surface area (Å²) in [6.07, 6.45) is 0. The number of hydrogen-bond donors (Lipinski definition) is 0. The van der Waals surface area contributed by atoms with Crippen LogP contribution >= 0.6 is 34.0 Å². The molecule has 0 saturated heterocycles. The second-order valence-electron chi connectivity index (χ2n) is 14.3. The van der Waals surface area contributed by atoms with Gasteiger partial charge in [-0.2, -0.15) is 0 Å². The summed E-state index contributed by atoms with van der Waals surface area (Å²) in [5.41, 5.74) is 7.95. The molecule has 12 aromatic rings. The minimum absolute atomic E-state index is 0.666. The van der Waals surface area contributed by atoms with E-state index in [4.69, 9.17) is 15.0 Å².